The summed E-state index contributed by atoms with van der Waals surface area (Å²) in [4.78, 5) is 0.659. The minimum Gasteiger partial charge on any atom is -0.382 e. The number of anilines is 1. The lowest BCUT2D eigenvalue weighted by Gasteiger charge is -2.18. The van der Waals surface area contributed by atoms with Crippen LogP contribution in [-0.4, -0.2) is 18.0 Å². The van der Waals surface area contributed by atoms with Gasteiger partial charge in [-0.2, -0.15) is 13.2 Å². The number of benzene rings is 1. The molecule has 114 valence electrons. The van der Waals surface area contributed by atoms with Crippen molar-refractivity contribution < 1.29 is 13.2 Å². The Hall–Kier alpha value is -0.840. The summed E-state index contributed by atoms with van der Waals surface area (Å²) < 4.78 is 36.9. The monoisotopic (exact) mass is 305 g/mol. The van der Waals surface area contributed by atoms with E-state index in [1.54, 1.807) is 12.1 Å². The third-order valence-electron chi connectivity index (χ3n) is 2.92. The highest BCUT2D eigenvalue weighted by molar-refractivity contribution is 7.99. The van der Waals surface area contributed by atoms with Gasteiger partial charge in [0.15, 0.2) is 0 Å². The second kappa shape index (κ2) is 8.45. The van der Waals surface area contributed by atoms with Crippen molar-refractivity contribution in [3.8, 4) is 0 Å². The Kier molecular flexibility index (Phi) is 7.27. The lowest BCUT2D eigenvalue weighted by Crippen LogP contribution is -2.16. The average molecular weight is 305 g/mol. The van der Waals surface area contributed by atoms with Crippen LogP contribution in [0.1, 0.15) is 39.5 Å². The minimum atomic E-state index is -4.13. The fraction of sp³-hybridized carbons (Fsp3) is 0.600. The molecule has 1 aromatic carbocycles. The van der Waals surface area contributed by atoms with Gasteiger partial charge >= 0.3 is 6.18 Å². The molecule has 1 unspecified atom stereocenters. The SMILES string of the molecule is CCCCCC(C)Nc1ccccc1SCC(F)(F)F. The lowest BCUT2D eigenvalue weighted by molar-refractivity contribution is -0.105. The van der Waals surface area contributed by atoms with Crippen LogP contribution in [0, 0.1) is 0 Å². The van der Waals surface area contributed by atoms with Crippen LogP contribution < -0.4 is 5.32 Å². The Morgan fingerprint density at radius 2 is 1.90 bits per heavy atom. The number of rotatable bonds is 8. The van der Waals surface area contributed by atoms with Gasteiger partial charge in [0, 0.05) is 16.6 Å². The van der Waals surface area contributed by atoms with Crippen molar-refractivity contribution in [3.05, 3.63) is 24.3 Å². The van der Waals surface area contributed by atoms with Crippen LogP contribution in [0.25, 0.3) is 0 Å². The van der Waals surface area contributed by atoms with Crippen LogP contribution in [0.15, 0.2) is 29.2 Å². The average Bonchev–Trinajstić information content (AvgIpc) is 2.37. The van der Waals surface area contributed by atoms with E-state index in [2.05, 4.69) is 19.2 Å². The Morgan fingerprint density at radius 3 is 2.55 bits per heavy atom. The van der Waals surface area contributed by atoms with Crippen molar-refractivity contribution in [2.75, 3.05) is 11.1 Å². The third kappa shape index (κ3) is 7.08. The first-order valence-electron chi connectivity index (χ1n) is 6.97. The summed E-state index contributed by atoms with van der Waals surface area (Å²) in [6.45, 7) is 4.22. The zero-order chi connectivity index (χ0) is 15.0. The second-order valence-corrected chi connectivity index (χ2v) is 5.96. The quantitative estimate of drug-likeness (QED) is 0.487. The first-order chi connectivity index (χ1) is 9.42. The number of halogens is 3. The number of para-hydroxylation sites is 1. The highest BCUT2D eigenvalue weighted by Gasteiger charge is 2.27. The van der Waals surface area contributed by atoms with E-state index >= 15 is 0 Å². The molecule has 0 fully saturated rings. The van der Waals surface area contributed by atoms with Gasteiger partial charge in [0.25, 0.3) is 0 Å². The van der Waals surface area contributed by atoms with Gasteiger partial charge in [-0.25, -0.2) is 0 Å². The van der Waals surface area contributed by atoms with Crippen LogP contribution in [-0.2, 0) is 0 Å². The van der Waals surface area contributed by atoms with E-state index in [-0.39, 0.29) is 6.04 Å². The molecule has 1 aromatic rings. The Balaban J connectivity index is 2.56. The molecule has 0 aliphatic carbocycles. The highest BCUT2D eigenvalue weighted by atomic mass is 32.2. The van der Waals surface area contributed by atoms with Crippen molar-refractivity contribution in [2.45, 2.75) is 56.6 Å². The van der Waals surface area contributed by atoms with E-state index in [4.69, 9.17) is 0 Å². The summed E-state index contributed by atoms with van der Waals surface area (Å²) in [6.07, 6.45) is 0.403. The topological polar surface area (TPSA) is 12.0 Å². The molecule has 0 radical (unpaired) electrons. The zero-order valence-corrected chi connectivity index (χ0v) is 12.8. The number of nitrogens with one attached hydrogen (secondary N) is 1. The summed E-state index contributed by atoms with van der Waals surface area (Å²) in [7, 11) is 0. The first-order valence-corrected chi connectivity index (χ1v) is 7.96. The predicted molar refractivity (Wildman–Crippen MR) is 80.4 cm³/mol. The summed E-state index contributed by atoms with van der Waals surface area (Å²) in [5.41, 5.74) is 0.797. The summed E-state index contributed by atoms with van der Waals surface area (Å²) in [6, 6.07) is 7.46. The Bertz CT molecular complexity index is 393. The summed E-state index contributed by atoms with van der Waals surface area (Å²) >= 11 is 0.837. The van der Waals surface area contributed by atoms with Crippen LogP contribution >= 0.6 is 11.8 Å². The van der Waals surface area contributed by atoms with E-state index in [1.165, 1.54) is 12.8 Å². The fourth-order valence-corrected chi connectivity index (χ4v) is 2.69. The second-order valence-electron chi connectivity index (χ2n) is 4.94. The minimum absolute atomic E-state index is 0.272. The van der Waals surface area contributed by atoms with Crippen LogP contribution in [0.4, 0.5) is 18.9 Å². The first kappa shape index (κ1) is 17.2. The van der Waals surface area contributed by atoms with E-state index in [0.29, 0.717) is 4.90 Å². The van der Waals surface area contributed by atoms with Crippen molar-refractivity contribution in [2.24, 2.45) is 0 Å². The van der Waals surface area contributed by atoms with E-state index in [1.807, 2.05) is 12.1 Å². The van der Waals surface area contributed by atoms with Crippen LogP contribution in [0.5, 0.6) is 0 Å². The molecule has 0 aliphatic heterocycles. The van der Waals surface area contributed by atoms with E-state index < -0.39 is 11.9 Å². The molecule has 1 N–H and O–H groups in total. The molecule has 5 heteroatoms. The molecule has 0 heterocycles. The van der Waals surface area contributed by atoms with Gasteiger partial charge in [-0.1, -0.05) is 38.3 Å². The van der Waals surface area contributed by atoms with Crippen LogP contribution in [0.2, 0.25) is 0 Å². The predicted octanol–water partition coefficient (Wildman–Crippen LogP) is 5.72. The standard InChI is InChI=1S/C15H22F3NS/c1-3-4-5-8-12(2)19-13-9-6-7-10-14(13)20-11-15(16,17)18/h6-7,9-10,12,19H,3-5,8,11H2,1-2H3. The molecule has 0 saturated carbocycles. The lowest BCUT2D eigenvalue weighted by atomic mass is 10.1. The van der Waals surface area contributed by atoms with E-state index in [0.717, 1.165) is 30.3 Å². The Morgan fingerprint density at radius 1 is 1.20 bits per heavy atom. The van der Waals surface area contributed by atoms with Gasteiger partial charge < -0.3 is 5.32 Å². The maximum atomic E-state index is 12.3. The maximum absolute atomic E-state index is 12.3. The molecular formula is C15H22F3NS. The molecule has 0 aliphatic rings. The van der Waals surface area contributed by atoms with Crippen LogP contribution in [0.3, 0.4) is 0 Å². The third-order valence-corrected chi connectivity index (χ3v) is 4.06. The molecule has 0 aromatic heterocycles. The van der Waals surface area contributed by atoms with Gasteiger partial charge in [0.1, 0.15) is 0 Å². The van der Waals surface area contributed by atoms with Gasteiger partial charge in [-0.3, -0.25) is 0 Å². The molecular weight excluding hydrogens is 283 g/mol. The van der Waals surface area contributed by atoms with Crippen molar-refractivity contribution in [1.82, 2.24) is 0 Å². The van der Waals surface area contributed by atoms with Gasteiger partial charge in [0.05, 0.1) is 5.75 Å². The molecule has 1 rings (SSSR count). The van der Waals surface area contributed by atoms with Gasteiger partial charge in [0.2, 0.25) is 0 Å². The smallest absolute Gasteiger partial charge is 0.382 e. The fourth-order valence-electron chi connectivity index (χ4n) is 1.91. The zero-order valence-electron chi connectivity index (χ0n) is 12.0. The number of thioether (sulfide) groups is 1. The van der Waals surface area contributed by atoms with Crippen molar-refractivity contribution >= 4 is 17.4 Å². The van der Waals surface area contributed by atoms with Gasteiger partial charge in [-0.05, 0) is 25.5 Å². The molecule has 0 bridgehead atoms. The molecule has 1 nitrogen and oxygen atoms in total. The van der Waals surface area contributed by atoms with Gasteiger partial charge in [-0.15, -0.1) is 11.8 Å². The van der Waals surface area contributed by atoms with Crippen molar-refractivity contribution in [1.29, 1.82) is 0 Å². The summed E-state index contributed by atoms with van der Waals surface area (Å²) in [5, 5.41) is 3.32. The Labute approximate surface area is 123 Å². The molecule has 0 spiro atoms. The number of unbranched alkanes of at least 4 members (excludes halogenated alkanes) is 2. The molecule has 20 heavy (non-hydrogen) atoms. The van der Waals surface area contributed by atoms with E-state index in [9.17, 15) is 13.2 Å². The highest BCUT2D eigenvalue weighted by Crippen LogP contribution is 2.32. The molecule has 0 amide bonds. The maximum Gasteiger partial charge on any atom is 0.398 e. The normalized spacial score (nSPS) is 13.2. The molecule has 0 saturated heterocycles. The summed E-state index contributed by atoms with van der Waals surface area (Å²) in [5.74, 6) is -0.851. The largest absolute Gasteiger partial charge is 0.398 e. The number of hydrogen-bond acceptors (Lipinski definition) is 2. The number of alkyl halides is 3. The molecule has 1 atom stereocenters. The van der Waals surface area contributed by atoms with Crippen molar-refractivity contribution in [3.63, 3.8) is 0 Å². The number of hydrogen-bond donors (Lipinski definition) is 1.